The van der Waals surface area contributed by atoms with Crippen LogP contribution < -0.4 is 4.72 Å². The summed E-state index contributed by atoms with van der Waals surface area (Å²) in [5, 5.41) is 4.09. The molecule has 2 aromatic rings. The van der Waals surface area contributed by atoms with Crippen molar-refractivity contribution in [2.24, 2.45) is 5.92 Å². The molecular weight excluding hydrogens is 432 g/mol. The molecule has 1 aromatic carbocycles. The molecule has 2 fully saturated rings. The van der Waals surface area contributed by atoms with Crippen LogP contribution in [0.15, 0.2) is 27.2 Å². The van der Waals surface area contributed by atoms with Gasteiger partial charge in [-0.1, -0.05) is 27.2 Å². The van der Waals surface area contributed by atoms with Crippen LogP contribution in [0.3, 0.4) is 0 Å². The number of halogens is 1. The van der Waals surface area contributed by atoms with Crippen LogP contribution in [-0.4, -0.2) is 32.5 Å². The maximum Gasteiger partial charge on any atom is 0.234 e. The van der Waals surface area contributed by atoms with Crippen LogP contribution in [0, 0.1) is 5.92 Å². The van der Waals surface area contributed by atoms with E-state index in [4.69, 9.17) is 9.26 Å². The van der Waals surface area contributed by atoms with Crippen LogP contribution in [0.25, 0.3) is 11.3 Å². The number of ether oxygens (including phenoxy) is 1. The summed E-state index contributed by atoms with van der Waals surface area (Å²) >= 11 is 3.53. The number of hydrogen-bond acceptors (Lipinski definition) is 5. The maximum absolute atomic E-state index is 12.7. The van der Waals surface area contributed by atoms with Crippen molar-refractivity contribution in [3.8, 4) is 11.3 Å². The summed E-state index contributed by atoms with van der Waals surface area (Å²) < 4.78 is 40.0. The fourth-order valence-electron chi connectivity index (χ4n) is 4.37. The predicted molar refractivity (Wildman–Crippen MR) is 105 cm³/mol. The Morgan fingerprint density at radius 3 is 2.78 bits per heavy atom. The lowest BCUT2D eigenvalue weighted by Gasteiger charge is -2.25. The number of sulfonamides is 1. The van der Waals surface area contributed by atoms with Crippen molar-refractivity contribution >= 4 is 31.8 Å². The Labute approximate surface area is 166 Å². The van der Waals surface area contributed by atoms with Gasteiger partial charge in [-0.25, -0.2) is 8.42 Å². The average molecular weight is 453 g/mol. The highest BCUT2D eigenvalue weighted by Gasteiger charge is 2.50. The molecule has 3 aliphatic rings. The molecule has 1 N–H and O–H groups in total. The molecule has 0 radical (unpaired) electrons. The monoisotopic (exact) mass is 452 g/mol. The van der Waals surface area contributed by atoms with E-state index in [1.54, 1.807) is 0 Å². The van der Waals surface area contributed by atoms with Crippen LogP contribution in [0.5, 0.6) is 0 Å². The van der Waals surface area contributed by atoms with Crippen LogP contribution in [0.1, 0.15) is 36.8 Å². The molecule has 8 heteroatoms. The number of anilines is 1. The molecule has 1 aliphatic heterocycles. The average Bonchev–Trinajstić information content (AvgIpc) is 3.29. The Balaban J connectivity index is 1.45. The van der Waals surface area contributed by atoms with Crippen LogP contribution >= 0.6 is 15.9 Å². The van der Waals surface area contributed by atoms with Gasteiger partial charge in [0.05, 0.1) is 5.75 Å². The number of aromatic nitrogens is 1. The van der Waals surface area contributed by atoms with Gasteiger partial charge < -0.3 is 9.26 Å². The van der Waals surface area contributed by atoms with Gasteiger partial charge in [0.2, 0.25) is 10.0 Å². The van der Waals surface area contributed by atoms with E-state index >= 15 is 0 Å². The molecule has 0 atom stereocenters. The van der Waals surface area contributed by atoms with Gasteiger partial charge in [0.1, 0.15) is 0 Å². The van der Waals surface area contributed by atoms with E-state index in [0.29, 0.717) is 24.8 Å². The Morgan fingerprint density at radius 2 is 2.04 bits per heavy atom. The molecule has 2 heterocycles. The van der Waals surface area contributed by atoms with Crippen molar-refractivity contribution in [2.45, 2.75) is 37.5 Å². The Bertz CT molecular complexity index is 991. The van der Waals surface area contributed by atoms with Crippen LogP contribution in [0.2, 0.25) is 0 Å². The van der Waals surface area contributed by atoms with Crippen molar-refractivity contribution in [1.82, 2.24) is 5.16 Å². The fourth-order valence-corrected chi connectivity index (χ4v) is 6.23. The molecule has 1 aromatic heterocycles. The van der Waals surface area contributed by atoms with Gasteiger partial charge in [-0.15, -0.1) is 0 Å². The zero-order valence-corrected chi connectivity index (χ0v) is 17.2. The summed E-state index contributed by atoms with van der Waals surface area (Å²) in [5.74, 6) is 1.28. The minimum absolute atomic E-state index is 0.102. The molecule has 1 spiro atoms. The third-order valence-corrected chi connectivity index (χ3v) is 7.91. The van der Waals surface area contributed by atoms with Gasteiger partial charge >= 0.3 is 0 Å². The van der Waals surface area contributed by atoms with Crippen molar-refractivity contribution in [2.75, 3.05) is 23.7 Å². The van der Waals surface area contributed by atoms with Crippen molar-refractivity contribution in [1.29, 1.82) is 0 Å². The molecule has 5 rings (SSSR count). The first-order valence-corrected chi connectivity index (χ1v) is 11.8. The number of nitrogens with zero attached hydrogens (tertiary/aromatic N) is 1. The Hall–Kier alpha value is -1.38. The van der Waals surface area contributed by atoms with Crippen LogP contribution in [-0.2, 0) is 26.6 Å². The van der Waals surface area contributed by atoms with E-state index in [0.717, 1.165) is 47.7 Å². The third-order valence-electron chi connectivity index (χ3n) is 6.00. The van der Waals surface area contributed by atoms with Gasteiger partial charge in [-0.2, -0.15) is 0 Å². The van der Waals surface area contributed by atoms with E-state index in [2.05, 4.69) is 37.9 Å². The minimum Gasteiger partial charge on any atom is -0.381 e. The quantitative estimate of drug-likeness (QED) is 0.761. The summed E-state index contributed by atoms with van der Waals surface area (Å²) in [6, 6.07) is 6.24. The van der Waals surface area contributed by atoms with Gasteiger partial charge in [-0.3, -0.25) is 4.72 Å². The van der Waals surface area contributed by atoms with E-state index < -0.39 is 10.0 Å². The standard InChI is InChI=1S/C19H21BrN2O4S/c20-13-1-2-16-14(9-13)17-15(10-19(16)5-6-19)18(21-26-17)22-27(23,24)11-12-3-7-25-8-4-12/h1-2,9,12H,3-8,10-11H2,(H,21,22). The molecule has 0 amide bonds. The van der Waals surface area contributed by atoms with E-state index in [1.807, 2.05) is 6.07 Å². The zero-order valence-electron chi connectivity index (χ0n) is 14.8. The lowest BCUT2D eigenvalue weighted by Crippen LogP contribution is -2.28. The predicted octanol–water partition coefficient (Wildman–Crippen LogP) is 3.86. The summed E-state index contributed by atoms with van der Waals surface area (Å²) in [5.41, 5.74) is 3.29. The number of nitrogens with one attached hydrogen (secondary N) is 1. The lowest BCUT2D eigenvalue weighted by molar-refractivity contribution is 0.0724. The molecule has 1 saturated carbocycles. The normalized spacial score (nSPS) is 20.9. The fraction of sp³-hybridized carbons (Fsp3) is 0.526. The SMILES string of the molecule is O=S(=O)(CC1CCOCC1)Nc1noc2c1CC1(CC1)c1ccc(Br)cc1-2. The first-order valence-electron chi connectivity index (χ1n) is 9.33. The molecule has 0 bridgehead atoms. The largest absolute Gasteiger partial charge is 0.381 e. The molecule has 1 saturated heterocycles. The smallest absolute Gasteiger partial charge is 0.234 e. The highest BCUT2D eigenvalue weighted by atomic mass is 79.9. The second-order valence-electron chi connectivity index (χ2n) is 7.93. The molecule has 144 valence electrons. The number of rotatable bonds is 4. The number of hydrogen-bond donors (Lipinski definition) is 1. The summed E-state index contributed by atoms with van der Waals surface area (Å²) in [6.45, 7) is 1.27. The summed E-state index contributed by atoms with van der Waals surface area (Å²) in [4.78, 5) is 0. The molecule has 2 aliphatic carbocycles. The summed E-state index contributed by atoms with van der Waals surface area (Å²) in [7, 11) is -3.48. The minimum atomic E-state index is -3.48. The number of fused-ring (bicyclic) bond motifs is 4. The molecule has 6 nitrogen and oxygen atoms in total. The van der Waals surface area contributed by atoms with Crippen molar-refractivity contribution < 1.29 is 17.7 Å². The first-order chi connectivity index (χ1) is 13.0. The highest BCUT2D eigenvalue weighted by Crippen LogP contribution is 2.58. The summed E-state index contributed by atoms with van der Waals surface area (Å²) in [6.07, 6.45) is 4.56. The van der Waals surface area contributed by atoms with Crippen molar-refractivity contribution in [3.05, 3.63) is 33.8 Å². The van der Waals surface area contributed by atoms with Crippen molar-refractivity contribution in [3.63, 3.8) is 0 Å². The van der Waals surface area contributed by atoms with Gasteiger partial charge in [0.15, 0.2) is 11.6 Å². The van der Waals surface area contributed by atoms with Gasteiger partial charge in [0.25, 0.3) is 0 Å². The Morgan fingerprint density at radius 1 is 1.26 bits per heavy atom. The third kappa shape index (κ3) is 3.21. The van der Waals surface area contributed by atoms with Crippen LogP contribution in [0.4, 0.5) is 5.82 Å². The zero-order chi connectivity index (χ0) is 18.6. The topological polar surface area (TPSA) is 81.4 Å². The van der Waals surface area contributed by atoms with Gasteiger partial charge in [0, 0.05) is 34.2 Å². The van der Waals surface area contributed by atoms with E-state index in [1.165, 1.54) is 5.56 Å². The molecular formula is C19H21BrN2O4S. The highest BCUT2D eigenvalue weighted by molar-refractivity contribution is 9.10. The Kier molecular flexibility index (Phi) is 4.14. The lowest BCUT2D eigenvalue weighted by atomic mass is 9.79. The first kappa shape index (κ1) is 17.7. The maximum atomic E-state index is 12.7. The molecule has 0 unspecified atom stereocenters. The van der Waals surface area contributed by atoms with E-state index in [9.17, 15) is 8.42 Å². The molecule has 27 heavy (non-hydrogen) atoms. The second-order valence-corrected chi connectivity index (χ2v) is 10.6. The van der Waals surface area contributed by atoms with E-state index in [-0.39, 0.29) is 17.1 Å². The number of benzene rings is 1. The van der Waals surface area contributed by atoms with Gasteiger partial charge in [-0.05, 0) is 55.7 Å². The second kappa shape index (κ2) is 6.32.